The van der Waals surface area contributed by atoms with Gasteiger partial charge in [-0.05, 0) is 0 Å². The first kappa shape index (κ1) is 18.6. The third-order valence-corrected chi connectivity index (χ3v) is 0.264. The number of hydrogen-bond donors (Lipinski definition) is 3. The molecule has 0 saturated heterocycles. The number of nitro groups is 1. The molecule has 0 atom stereocenters. The van der Waals surface area contributed by atoms with Gasteiger partial charge in [-0.25, -0.2) is 4.79 Å². The van der Waals surface area contributed by atoms with Crippen molar-refractivity contribution < 1.29 is 34.6 Å². The van der Waals surface area contributed by atoms with Gasteiger partial charge in [-0.2, -0.15) is 0 Å². The van der Waals surface area contributed by atoms with E-state index in [1.54, 1.807) is 0 Å². The molecule has 0 aromatic rings. The molecule has 0 aliphatic rings. The molecule has 15 heavy (non-hydrogen) atoms. The number of aliphatic carboxylic acids is 3. The normalized spacial score (nSPS) is 7.07. The van der Waals surface area contributed by atoms with Gasteiger partial charge >= 0.3 is 5.97 Å². The highest BCUT2D eigenvalue weighted by molar-refractivity contribution is 5.67. The lowest BCUT2D eigenvalue weighted by atomic mass is 10.7. The summed E-state index contributed by atoms with van der Waals surface area (Å²) in [4.78, 5) is 35.7. The maximum atomic E-state index is 9.37. The Morgan fingerprint density at radius 1 is 1.07 bits per heavy atom. The summed E-state index contributed by atoms with van der Waals surface area (Å²) in [7, 11) is 0. The minimum Gasteiger partial charge on any atom is -0.481 e. The van der Waals surface area contributed by atoms with Crippen LogP contribution in [0.5, 0.6) is 0 Å². The summed E-state index contributed by atoms with van der Waals surface area (Å²) in [6.07, 6.45) is 0. The van der Waals surface area contributed by atoms with Crippen LogP contribution in [0, 0.1) is 10.1 Å². The van der Waals surface area contributed by atoms with E-state index in [2.05, 4.69) is 0 Å². The van der Waals surface area contributed by atoms with Crippen LogP contribution in [0.3, 0.4) is 0 Å². The molecule has 0 saturated carbocycles. The van der Waals surface area contributed by atoms with Crippen molar-refractivity contribution in [2.75, 3.05) is 6.54 Å². The van der Waals surface area contributed by atoms with Gasteiger partial charge in [0.1, 0.15) is 0 Å². The summed E-state index contributed by atoms with van der Waals surface area (Å²) in [6.45, 7) is 1.17. The van der Waals surface area contributed by atoms with E-state index in [0.29, 0.717) is 0 Å². The van der Waals surface area contributed by atoms with E-state index >= 15 is 0 Å². The van der Waals surface area contributed by atoms with Gasteiger partial charge in [0.15, 0.2) is 0 Å². The predicted octanol–water partition coefficient (Wildman–Crippen LogP) is -0.470. The second kappa shape index (κ2) is 11.8. The first-order chi connectivity index (χ1) is 6.59. The Hall–Kier alpha value is -2.19. The van der Waals surface area contributed by atoms with Gasteiger partial charge in [0.2, 0.25) is 0 Å². The van der Waals surface area contributed by atoms with E-state index in [-0.39, 0.29) is 0 Å². The molecule has 0 fully saturated rings. The molecule has 9 nitrogen and oxygen atoms in total. The number of hydrogen-bond acceptors (Lipinski definition) is 5. The molecule has 0 rings (SSSR count). The fourth-order valence-corrected chi connectivity index (χ4v) is 0.110. The first-order valence-electron chi connectivity index (χ1n) is 3.32. The smallest absolute Gasteiger partial charge is 0.376 e. The monoisotopic (exact) mass is 225 g/mol. The van der Waals surface area contributed by atoms with Gasteiger partial charge in [-0.15, -0.1) is 0 Å². The Bertz CT molecular complexity index is 203. The maximum absolute atomic E-state index is 9.37. The zero-order valence-electron chi connectivity index (χ0n) is 8.04. The number of rotatable bonds is 2. The van der Waals surface area contributed by atoms with Gasteiger partial charge in [0.25, 0.3) is 18.5 Å². The second-order valence-electron chi connectivity index (χ2n) is 1.92. The molecule has 0 radical (unpaired) electrons. The Balaban J connectivity index is -0.000000155. The average Bonchev–Trinajstić information content (AvgIpc) is 1.78. The minimum absolute atomic E-state index is 0.833. The standard InChI is InChI=1S/C2H3NO4.2C2H4O2/c4-2(5)1-3(6)7;2*1-2(3)4/h1H2,(H,4,5);2*1H3,(H,3,4). The predicted molar refractivity (Wildman–Crippen MR) is 46.1 cm³/mol. The van der Waals surface area contributed by atoms with Crippen molar-refractivity contribution in [3.05, 3.63) is 10.1 Å². The van der Waals surface area contributed by atoms with Crippen LogP contribution in [0.1, 0.15) is 13.8 Å². The minimum atomic E-state index is -1.41. The van der Waals surface area contributed by atoms with E-state index in [1.165, 1.54) is 0 Å². The Labute approximate surface area is 84.1 Å². The van der Waals surface area contributed by atoms with Gasteiger partial charge in [-0.1, -0.05) is 0 Å². The number of carbonyl (C=O) groups is 3. The summed E-state index contributed by atoms with van der Waals surface area (Å²) in [6, 6.07) is 0. The van der Waals surface area contributed by atoms with Crippen molar-refractivity contribution in [2.45, 2.75) is 13.8 Å². The van der Waals surface area contributed by atoms with Crippen LogP contribution in [0.15, 0.2) is 0 Å². The Morgan fingerprint density at radius 2 is 1.27 bits per heavy atom. The molecule has 0 aliphatic carbocycles. The van der Waals surface area contributed by atoms with E-state index in [1.807, 2.05) is 0 Å². The van der Waals surface area contributed by atoms with E-state index in [4.69, 9.17) is 24.9 Å². The SMILES string of the molecule is CC(=O)O.CC(=O)O.O=C(O)C[N+](=O)[O-]. The summed E-state index contributed by atoms with van der Waals surface area (Å²) < 4.78 is 0. The average molecular weight is 225 g/mol. The second-order valence-corrected chi connectivity index (χ2v) is 1.92. The van der Waals surface area contributed by atoms with Crippen molar-refractivity contribution in [1.82, 2.24) is 0 Å². The van der Waals surface area contributed by atoms with Crippen molar-refractivity contribution in [3.8, 4) is 0 Å². The largest absolute Gasteiger partial charge is 0.481 e. The number of carboxylic acids is 3. The van der Waals surface area contributed by atoms with E-state index in [9.17, 15) is 14.9 Å². The Kier molecular flexibility index (Phi) is 14.6. The Morgan fingerprint density at radius 3 is 1.27 bits per heavy atom. The van der Waals surface area contributed by atoms with Gasteiger partial charge in [0, 0.05) is 18.8 Å². The lowest BCUT2D eigenvalue weighted by Crippen LogP contribution is -2.11. The van der Waals surface area contributed by atoms with Crippen LogP contribution in [0.25, 0.3) is 0 Å². The molecule has 0 spiro atoms. The fraction of sp³-hybridized carbons (Fsp3) is 0.500. The molecule has 0 unspecified atom stereocenters. The first-order valence-corrected chi connectivity index (χ1v) is 3.32. The topological polar surface area (TPSA) is 155 Å². The third kappa shape index (κ3) is 347. The molecule has 3 N–H and O–H groups in total. The molecule has 0 amide bonds. The van der Waals surface area contributed by atoms with Crippen LogP contribution < -0.4 is 0 Å². The summed E-state index contributed by atoms with van der Waals surface area (Å²) >= 11 is 0. The van der Waals surface area contributed by atoms with Crippen LogP contribution in [-0.4, -0.2) is 44.7 Å². The quantitative estimate of drug-likeness (QED) is 0.420. The van der Waals surface area contributed by atoms with Crippen molar-refractivity contribution in [2.24, 2.45) is 0 Å². The van der Waals surface area contributed by atoms with Gasteiger partial charge < -0.3 is 15.3 Å². The van der Waals surface area contributed by atoms with E-state index in [0.717, 1.165) is 13.8 Å². The number of nitrogens with zero attached hydrogens (tertiary/aromatic N) is 1. The molecule has 0 bridgehead atoms. The zero-order chi connectivity index (χ0) is 13.0. The fourth-order valence-electron chi connectivity index (χ4n) is 0.110. The highest BCUT2D eigenvalue weighted by Crippen LogP contribution is 1.64. The third-order valence-electron chi connectivity index (χ3n) is 0.264. The van der Waals surface area contributed by atoms with Gasteiger partial charge in [-0.3, -0.25) is 19.7 Å². The van der Waals surface area contributed by atoms with Crippen LogP contribution in [-0.2, 0) is 14.4 Å². The molecule has 0 aromatic carbocycles. The molecule has 0 aliphatic heterocycles. The molecule has 0 heterocycles. The van der Waals surface area contributed by atoms with Crippen LogP contribution in [0.2, 0.25) is 0 Å². The zero-order valence-corrected chi connectivity index (χ0v) is 8.04. The number of carboxylic acid groups (broad SMARTS) is 3. The van der Waals surface area contributed by atoms with Crippen molar-refractivity contribution >= 4 is 17.9 Å². The highest BCUT2D eigenvalue weighted by Gasteiger charge is 2.02. The van der Waals surface area contributed by atoms with Crippen molar-refractivity contribution in [3.63, 3.8) is 0 Å². The maximum Gasteiger partial charge on any atom is 0.376 e. The molecule has 88 valence electrons. The van der Waals surface area contributed by atoms with Crippen LogP contribution >= 0.6 is 0 Å². The lowest BCUT2D eigenvalue weighted by molar-refractivity contribution is -0.469. The van der Waals surface area contributed by atoms with E-state index < -0.39 is 29.4 Å². The highest BCUT2D eigenvalue weighted by atomic mass is 16.6. The van der Waals surface area contributed by atoms with Crippen LogP contribution in [0.4, 0.5) is 0 Å². The molecule has 0 aromatic heterocycles. The lowest BCUT2D eigenvalue weighted by Gasteiger charge is -1.79. The molecule has 9 heteroatoms. The van der Waals surface area contributed by atoms with Gasteiger partial charge in [0.05, 0.1) is 0 Å². The molecular formula is C6H11NO8. The summed E-state index contributed by atoms with van der Waals surface area (Å²) in [5, 5.41) is 31.7. The summed E-state index contributed by atoms with van der Waals surface area (Å²) in [5.41, 5.74) is 0. The van der Waals surface area contributed by atoms with Crippen molar-refractivity contribution in [1.29, 1.82) is 0 Å². The molecular weight excluding hydrogens is 214 g/mol. The summed E-state index contributed by atoms with van der Waals surface area (Å²) in [5.74, 6) is -3.08.